The van der Waals surface area contributed by atoms with E-state index >= 15 is 0 Å². The summed E-state index contributed by atoms with van der Waals surface area (Å²) >= 11 is 6.92. The van der Waals surface area contributed by atoms with E-state index in [-0.39, 0.29) is 0 Å². The van der Waals surface area contributed by atoms with Crippen LogP contribution in [0.25, 0.3) is 10.8 Å². The van der Waals surface area contributed by atoms with Crippen molar-refractivity contribution in [3.63, 3.8) is 0 Å². The zero-order chi connectivity index (χ0) is 8.55. The summed E-state index contributed by atoms with van der Waals surface area (Å²) in [5.41, 5.74) is 0. The van der Waals surface area contributed by atoms with Crippen molar-refractivity contribution in [2.45, 2.75) is 0 Å². The normalized spacial score (nSPS) is 10.5. The molecule has 0 bridgehead atoms. The Morgan fingerprint density at radius 3 is 2.75 bits per heavy atom. The van der Waals surface area contributed by atoms with E-state index in [1.165, 1.54) is 0 Å². The minimum atomic E-state index is 0.562. The Morgan fingerprint density at radius 1 is 1.42 bits per heavy atom. The third-order valence-corrected chi connectivity index (χ3v) is 3.23. The summed E-state index contributed by atoms with van der Waals surface area (Å²) in [4.78, 5) is 0.984. The summed E-state index contributed by atoms with van der Waals surface area (Å²) in [6.45, 7) is 0. The average Bonchev–Trinajstić information content (AvgIpc) is 2.58. The molecule has 2 heterocycles. The van der Waals surface area contributed by atoms with Gasteiger partial charge >= 0.3 is 0 Å². The highest BCUT2D eigenvalue weighted by atomic mass is 127. The summed E-state index contributed by atoms with van der Waals surface area (Å²) in [7, 11) is 0. The third kappa shape index (κ3) is 1.69. The van der Waals surface area contributed by atoms with Crippen molar-refractivity contribution in [1.82, 2.24) is 10.2 Å². The molecule has 0 spiro atoms. The van der Waals surface area contributed by atoms with Crippen LogP contribution in [0.3, 0.4) is 0 Å². The van der Waals surface area contributed by atoms with Gasteiger partial charge in [-0.25, -0.2) is 0 Å². The predicted octanol–water partition coefficient (Wildman–Crippen LogP) is 3.17. The Hall–Kier alpha value is 0.0500. The molecule has 6 heteroatoms. The second kappa shape index (κ2) is 3.43. The van der Waals surface area contributed by atoms with Gasteiger partial charge in [-0.15, -0.1) is 21.5 Å². The highest BCUT2D eigenvalue weighted by Gasteiger charge is 2.08. The molecule has 0 saturated heterocycles. The smallest absolute Gasteiger partial charge is 0.278 e. The quantitative estimate of drug-likeness (QED) is 0.737. The molecule has 0 saturated carbocycles. The van der Waals surface area contributed by atoms with E-state index in [2.05, 4.69) is 26.1 Å². The molecule has 0 fully saturated rings. The molecule has 2 aromatic rings. The fourth-order valence-electron chi connectivity index (χ4n) is 0.734. The highest BCUT2D eigenvalue weighted by molar-refractivity contribution is 14.1. The van der Waals surface area contributed by atoms with E-state index in [4.69, 9.17) is 4.42 Å². The van der Waals surface area contributed by atoms with Crippen molar-refractivity contribution >= 4 is 49.9 Å². The lowest BCUT2D eigenvalue weighted by Crippen LogP contribution is -1.70. The summed E-state index contributed by atoms with van der Waals surface area (Å²) in [6, 6.07) is 3.90. The molecule has 0 unspecified atom stereocenters. The average molecular weight is 357 g/mol. The zero-order valence-corrected chi connectivity index (χ0v) is 10.2. The standard InChI is InChI=1S/C6H2BrIN2OS/c7-4-2-1-3(12-4)5-9-10-6(8)11-5/h1-2H. The Bertz CT molecular complexity index is 361. The second-order valence-electron chi connectivity index (χ2n) is 1.96. The van der Waals surface area contributed by atoms with Crippen LogP contribution >= 0.6 is 49.9 Å². The molecule has 2 aromatic heterocycles. The molecule has 0 aliphatic rings. The van der Waals surface area contributed by atoms with E-state index < -0.39 is 0 Å². The van der Waals surface area contributed by atoms with Crippen molar-refractivity contribution in [2.24, 2.45) is 0 Å². The van der Waals surface area contributed by atoms with Crippen LogP contribution in [0.1, 0.15) is 0 Å². The van der Waals surface area contributed by atoms with Crippen LogP contribution in [-0.4, -0.2) is 10.2 Å². The molecule has 0 aromatic carbocycles. The first-order valence-electron chi connectivity index (χ1n) is 3.00. The molecule has 12 heavy (non-hydrogen) atoms. The maximum absolute atomic E-state index is 5.24. The Balaban J connectivity index is 2.43. The number of rotatable bonds is 1. The third-order valence-electron chi connectivity index (χ3n) is 1.18. The fraction of sp³-hybridized carbons (Fsp3) is 0. The van der Waals surface area contributed by atoms with Crippen LogP contribution in [0.5, 0.6) is 0 Å². The lowest BCUT2D eigenvalue weighted by atomic mass is 10.5. The summed E-state index contributed by atoms with van der Waals surface area (Å²) in [5, 5.41) is 7.63. The maximum atomic E-state index is 5.24. The first kappa shape index (κ1) is 8.64. The number of thiophene rings is 1. The van der Waals surface area contributed by atoms with E-state index in [9.17, 15) is 0 Å². The topological polar surface area (TPSA) is 38.9 Å². The van der Waals surface area contributed by atoms with Crippen LogP contribution in [0.4, 0.5) is 0 Å². The fourth-order valence-corrected chi connectivity index (χ4v) is 2.36. The molecule has 0 N–H and O–H groups in total. The molecule has 0 atom stereocenters. The molecular weight excluding hydrogens is 355 g/mol. The number of hydrogen-bond acceptors (Lipinski definition) is 4. The lowest BCUT2D eigenvalue weighted by Gasteiger charge is -1.82. The molecular formula is C6H2BrIN2OS. The summed E-state index contributed by atoms with van der Waals surface area (Å²) in [6.07, 6.45) is 0. The molecule has 0 amide bonds. The van der Waals surface area contributed by atoms with Gasteiger partial charge in [0.25, 0.3) is 9.79 Å². The van der Waals surface area contributed by atoms with Crippen molar-refractivity contribution in [3.05, 3.63) is 19.8 Å². The van der Waals surface area contributed by atoms with Crippen LogP contribution < -0.4 is 0 Å². The number of halogens is 2. The monoisotopic (exact) mass is 356 g/mol. The van der Waals surface area contributed by atoms with Crippen molar-refractivity contribution < 1.29 is 4.42 Å². The van der Waals surface area contributed by atoms with Gasteiger partial charge in [0.05, 0.1) is 8.66 Å². The van der Waals surface area contributed by atoms with Crippen LogP contribution in [-0.2, 0) is 0 Å². The van der Waals surface area contributed by atoms with Gasteiger partial charge in [-0.05, 0) is 28.1 Å². The lowest BCUT2D eigenvalue weighted by molar-refractivity contribution is 0.538. The Morgan fingerprint density at radius 2 is 2.25 bits per heavy atom. The second-order valence-corrected chi connectivity index (χ2v) is 5.35. The highest BCUT2D eigenvalue weighted by Crippen LogP contribution is 2.30. The molecule has 3 nitrogen and oxygen atoms in total. The minimum Gasteiger partial charge on any atom is -0.411 e. The molecule has 0 aliphatic heterocycles. The van der Waals surface area contributed by atoms with Gasteiger partial charge in [0.2, 0.25) is 0 Å². The van der Waals surface area contributed by atoms with Crippen LogP contribution in [0.15, 0.2) is 20.3 Å². The van der Waals surface area contributed by atoms with Gasteiger partial charge in [-0.1, -0.05) is 0 Å². The van der Waals surface area contributed by atoms with Gasteiger partial charge in [0, 0.05) is 22.6 Å². The number of nitrogens with zero attached hydrogens (tertiary/aromatic N) is 2. The molecule has 62 valence electrons. The maximum Gasteiger partial charge on any atom is 0.278 e. The van der Waals surface area contributed by atoms with E-state index in [1.807, 2.05) is 34.7 Å². The first-order valence-corrected chi connectivity index (χ1v) is 5.69. The van der Waals surface area contributed by atoms with Crippen molar-refractivity contribution in [3.8, 4) is 10.8 Å². The summed E-state index contributed by atoms with van der Waals surface area (Å²) < 4.78 is 6.86. The number of aromatic nitrogens is 2. The predicted molar refractivity (Wildman–Crippen MR) is 58.0 cm³/mol. The van der Waals surface area contributed by atoms with E-state index in [1.54, 1.807) is 11.3 Å². The number of hydrogen-bond donors (Lipinski definition) is 0. The van der Waals surface area contributed by atoms with Crippen LogP contribution in [0, 0.1) is 3.90 Å². The molecule has 0 radical (unpaired) electrons. The van der Waals surface area contributed by atoms with Crippen molar-refractivity contribution in [2.75, 3.05) is 0 Å². The van der Waals surface area contributed by atoms with Crippen LogP contribution in [0.2, 0.25) is 0 Å². The molecule has 0 aliphatic carbocycles. The summed E-state index contributed by atoms with van der Waals surface area (Å²) in [5.74, 6) is 0.579. The minimum absolute atomic E-state index is 0.562. The molecule has 2 rings (SSSR count). The SMILES string of the molecule is Brc1ccc(-c2nnc(I)o2)s1. The Kier molecular flexibility index (Phi) is 2.47. The van der Waals surface area contributed by atoms with Gasteiger partial charge < -0.3 is 4.42 Å². The van der Waals surface area contributed by atoms with E-state index in [0.717, 1.165) is 8.66 Å². The van der Waals surface area contributed by atoms with Gasteiger partial charge in [0.1, 0.15) is 0 Å². The van der Waals surface area contributed by atoms with Crippen molar-refractivity contribution in [1.29, 1.82) is 0 Å². The zero-order valence-electron chi connectivity index (χ0n) is 5.62. The first-order chi connectivity index (χ1) is 5.75. The van der Waals surface area contributed by atoms with Gasteiger partial charge in [0.15, 0.2) is 0 Å². The van der Waals surface area contributed by atoms with E-state index in [0.29, 0.717) is 9.79 Å². The largest absolute Gasteiger partial charge is 0.411 e. The Labute approximate surface area is 94.5 Å². The van der Waals surface area contributed by atoms with Gasteiger partial charge in [-0.3, -0.25) is 0 Å². The van der Waals surface area contributed by atoms with Gasteiger partial charge in [-0.2, -0.15) is 0 Å².